The van der Waals surface area contributed by atoms with E-state index in [4.69, 9.17) is 9.40 Å². The first-order chi connectivity index (χ1) is 14.3. The van der Waals surface area contributed by atoms with Crippen LogP contribution < -0.4 is 45.3 Å². The van der Waals surface area contributed by atoms with Crippen LogP contribution in [-0.4, -0.2) is 10.7 Å². The Morgan fingerprint density at radius 3 is 1.60 bits per heavy atom. The number of thioether (sulfide) groups is 1. The molecule has 6 heteroatoms. The van der Waals surface area contributed by atoms with E-state index in [0.717, 1.165) is 11.2 Å². The monoisotopic (exact) mass is 549 g/mol. The van der Waals surface area contributed by atoms with Gasteiger partial charge in [0.15, 0.2) is 13.9 Å². The van der Waals surface area contributed by atoms with Gasteiger partial charge in [-0.3, -0.25) is 0 Å². The Morgan fingerprint density at radius 1 is 0.800 bits per heavy atom. The average Bonchev–Trinajstić information content (AvgIpc) is 3.20. The zero-order chi connectivity index (χ0) is 20.1. The summed E-state index contributed by atoms with van der Waals surface area (Å²) in [6, 6.07) is 31.3. The van der Waals surface area contributed by atoms with Crippen LogP contribution in [0.5, 0.6) is 0 Å². The minimum atomic E-state index is -2.36. The summed E-state index contributed by atoms with van der Waals surface area (Å²) in [6.07, 6.45) is 0. The zero-order valence-corrected chi connectivity index (χ0v) is 20.4. The molecule has 4 rings (SSSR count). The summed E-state index contributed by atoms with van der Waals surface area (Å²) >= 11 is 1.58. The lowest BCUT2D eigenvalue weighted by Gasteiger charge is -2.25. The molecule has 1 heterocycles. The lowest BCUT2D eigenvalue weighted by atomic mass is 10.4. The SMILES string of the molecule is CCSc1oc(CF)nc1[P+](c1ccccc1)(c1ccccc1)c1ccccc1.[I-]. The van der Waals surface area contributed by atoms with Crippen LogP contribution in [0.3, 0.4) is 0 Å². The van der Waals surface area contributed by atoms with E-state index in [1.807, 2.05) is 18.2 Å². The standard InChI is InChI=1S/C24H22FNOPS.HI/c1-2-29-24-23(26-22(18-25)27-24)28(19-12-6-3-7-13-19,20-14-8-4-9-15-20)21-16-10-5-11-17-21;/h3-17H,2,18H2,1H3;1H/q+1;/p-1. The molecule has 0 fully saturated rings. The van der Waals surface area contributed by atoms with Crippen molar-refractivity contribution in [1.29, 1.82) is 0 Å². The molecule has 30 heavy (non-hydrogen) atoms. The summed E-state index contributed by atoms with van der Waals surface area (Å²) in [6.45, 7) is 1.36. The Morgan fingerprint density at radius 2 is 1.23 bits per heavy atom. The van der Waals surface area contributed by atoms with E-state index in [1.165, 1.54) is 15.9 Å². The van der Waals surface area contributed by atoms with E-state index in [9.17, 15) is 4.39 Å². The van der Waals surface area contributed by atoms with Gasteiger partial charge in [-0.05, 0) is 42.2 Å². The van der Waals surface area contributed by atoms with Crippen LogP contribution in [-0.2, 0) is 6.67 Å². The predicted molar refractivity (Wildman–Crippen MR) is 122 cm³/mol. The van der Waals surface area contributed by atoms with Crippen molar-refractivity contribution in [3.8, 4) is 0 Å². The van der Waals surface area contributed by atoms with Gasteiger partial charge in [0, 0.05) is 0 Å². The second kappa shape index (κ2) is 10.6. The van der Waals surface area contributed by atoms with Crippen LogP contribution in [0.15, 0.2) is 101 Å². The maximum absolute atomic E-state index is 13.6. The van der Waals surface area contributed by atoms with E-state index in [1.54, 1.807) is 11.8 Å². The van der Waals surface area contributed by atoms with Crippen LogP contribution in [0, 0.1) is 0 Å². The van der Waals surface area contributed by atoms with Crippen molar-refractivity contribution >= 4 is 40.4 Å². The summed E-state index contributed by atoms with van der Waals surface area (Å²) < 4.78 is 19.5. The molecule has 4 aromatic rings. The Kier molecular flexibility index (Phi) is 8.09. The van der Waals surface area contributed by atoms with Crippen molar-refractivity contribution in [2.24, 2.45) is 0 Å². The quantitative estimate of drug-likeness (QED) is 0.200. The van der Waals surface area contributed by atoms with Gasteiger partial charge in [-0.2, -0.15) is 4.98 Å². The minimum Gasteiger partial charge on any atom is -1.00 e. The third kappa shape index (κ3) is 4.20. The molecule has 0 radical (unpaired) electrons. The highest BCUT2D eigenvalue weighted by Crippen LogP contribution is 2.55. The molecule has 0 aliphatic carbocycles. The number of hydrogen-bond acceptors (Lipinski definition) is 3. The number of hydrogen-bond donors (Lipinski definition) is 0. The van der Waals surface area contributed by atoms with Gasteiger partial charge >= 0.3 is 0 Å². The van der Waals surface area contributed by atoms with Gasteiger partial charge in [0.1, 0.15) is 15.9 Å². The van der Waals surface area contributed by atoms with Gasteiger partial charge in [-0.15, -0.1) is 0 Å². The molecule has 0 unspecified atom stereocenters. The fourth-order valence-corrected chi connectivity index (χ4v) is 8.87. The van der Waals surface area contributed by atoms with Gasteiger partial charge in [0.2, 0.25) is 11.0 Å². The minimum absolute atomic E-state index is 0. The second-order valence-corrected chi connectivity index (χ2v) is 11.0. The summed E-state index contributed by atoms with van der Waals surface area (Å²) in [7, 11) is -2.36. The smallest absolute Gasteiger partial charge is 0.250 e. The summed E-state index contributed by atoms with van der Waals surface area (Å²) in [5.74, 6) is 0.967. The summed E-state index contributed by atoms with van der Waals surface area (Å²) in [5, 5.41) is 4.24. The average molecular weight is 549 g/mol. The fraction of sp³-hybridized carbons (Fsp3) is 0.125. The van der Waals surface area contributed by atoms with Crippen LogP contribution in [0.1, 0.15) is 12.8 Å². The Balaban J connectivity index is 0.00000256. The van der Waals surface area contributed by atoms with Crippen LogP contribution in [0.4, 0.5) is 4.39 Å². The first-order valence-corrected chi connectivity index (χ1v) is 12.3. The molecule has 0 spiro atoms. The van der Waals surface area contributed by atoms with Gasteiger partial charge in [0.05, 0.1) is 0 Å². The molecule has 0 amide bonds. The zero-order valence-electron chi connectivity index (χ0n) is 16.5. The molecule has 2 nitrogen and oxygen atoms in total. The number of aromatic nitrogens is 1. The predicted octanol–water partition coefficient (Wildman–Crippen LogP) is 1.88. The van der Waals surface area contributed by atoms with Crippen LogP contribution in [0.25, 0.3) is 0 Å². The highest BCUT2D eigenvalue weighted by molar-refractivity contribution is 8.04. The first-order valence-electron chi connectivity index (χ1n) is 9.55. The molecular formula is C24H22FINOPS. The highest BCUT2D eigenvalue weighted by atomic mass is 127. The lowest BCUT2D eigenvalue weighted by molar-refractivity contribution is -0.00000656. The maximum atomic E-state index is 13.6. The summed E-state index contributed by atoms with van der Waals surface area (Å²) in [4.78, 5) is 4.74. The van der Waals surface area contributed by atoms with Crippen molar-refractivity contribution in [3.63, 3.8) is 0 Å². The molecule has 0 saturated heterocycles. The van der Waals surface area contributed by atoms with Crippen molar-refractivity contribution < 1.29 is 32.8 Å². The second-order valence-electron chi connectivity index (χ2n) is 6.46. The Hall–Kier alpha value is -1.69. The number of nitrogens with zero attached hydrogens (tertiary/aromatic N) is 1. The van der Waals surface area contributed by atoms with E-state index in [2.05, 4.69) is 79.7 Å². The third-order valence-electron chi connectivity index (χ3n) is 4.76. The van der Waals surface area contributed by atoms with E-state index < -0.39 is 13.9 Å². The van der Waals surface area contributed by atoms with Gasteiger partial charge in [0.25, 0.3) is 5.44 Å². The molecule has 0 saturated carbocycles. The van der Waals surface area contributed by atoms with Crippen molar-refractivity contribution in [2.75, 3.05) is 5.75 Å². The van der Waals surface area contributed by atoms with Crippen LogP contribution >= 0.6 is 19.0 Å². The van der Waals surface area contributed by atoms with Crippen molar-refractivity contribution in [1.82, 2.24) is 4.98 Å². The molecular weight excluding hydrogens is 527 g/mol. The number of halogens is 2. The largest absolute Gasteiger partial charge is 1.00 e. The number of rotatable bonds is 7. The molecule has 154 valence electrons. The third-order valence-corrected chi connectivity index (χ3v) is 9.90. The number of alkyl halides is 1. The number of benzene rings is 3. The molecule has 0 aliphatic heterocycles. The molecule has 0 N–H and O–H groups in total. The topological polar surface area (TPSA) is 26.0 Å². The van der Waals surface area contributed by atoms with Crippen LogP contribution in [0.2, 0.25) is 0 Å². The molecule has 0 bridgehead atoms. The van der Waals surface area contributed by atoms with E-state index >= 15 is 0 Å². The molecule has 1 aromatic heterocycles. The highest BCUT2D eigenvalue weighted by Gasteiger charge is 2.52. The van der Waals surface area contributed by atoms with Crippen molar-refractivity contribution in [3.05, 3.63) is 96.9 Å². The Bertz CT molecular complexity index is 964. The Labute approximate surface area is 198 Å². The molecule has 0 aliphatic rings. The summed E-state index contributed by atoms with van der Waals surface area (Å²) in [5.41, 5.74) is 0.848. The van der Waals surface area contributed by atoms with Crippen molar-refractivity contribution in [2.45, 2.75) is 18.7 Å². The fourth-order valence-electron chi connectivity index (χ4n) is 3.60. The van der Waals surface area contributed by atoms with E-state index in [0.29, 0.717) is 5.09 Å². The van der Waals surface area contributed by atoms with Gasteiger partial charge in [-0.1, -0.05) is 73.3 Å². The number of oxazole rings is 1. The lowest BCUT2D eigenvalue weighted by Crippen LogP contribution is -3.00. The maximum Gasteiger partial charge on any atom is 0.250 e. The first kappa shape index (κ1) is 23.0. The van der Waals surface area contributed by atoms with Gasteiger partial charge < -0.3 is 28.4 Å². The normalized spacial score (nSPS) is 11.1. The molecule has 3 aromatic carbocycles. The van der Waals surface area contributed by atoms with E-state index in [-0.39, 0.29) is 29.9 Å². The molecule has 0 atom stereocenters. The van der Waals surface area contributed by atoms with Gasteiger partial charge in [-0.25, -0.2) is 4.39 Å².